The Morgan fingerprint density at radius 3 is 2.62 bits per heavy atom. The Morgan fingerprint density at radius 2 is 2.06 bits per heavy atom. The van der Waals surface area contributed by atoms with Crippen LogP contribution in [0.4, 0.5) is 11.9 Å². The highest BCUT2D eigenvalue weighted by Gasteiger charge is 2.07. The molecule has 1 aromatic heterocycles. The first kappa shape index (κ1) is 13.0. The predicted octanol–water partition coefficient (Wildman–Crippen LogP) is 0.454. The number of nitrogens with one attached hydrogen (secondary N) is 1. The molecule has 1 rings (SSSR count). The van der Waals surface area contributed by atoms with Gasteiger partial charge in [-0.3, -0.25) is 0 Å². The highest BCUT2D eigenvalue weighted by atomic mass is 32.2. The SMILES string of the molecule is CCNc1nc(SCCO)nc(N(C)C)n1. The fraction of sp³-hybridized carbons (Fsp3) is 0.667. The van der Waals surface area contributed by atoms with Gasteiger partial charge >= 0.3 is 0 Å². The first-order chi connectivity index (χ1) is 7.67. The van der Waals surface area contributed by atoms with E-state index in [-0.39, 0.29) is 6.61 Å². The fourth-order valence-corrected chi connectivity index (χ4v) is 1.56. The van der Waals surface area contributed by atoms with Crippen LogP contribution in [0.25, 0.3) is 0 Å². The van der Waals surface area contributed by atoms with Crippen LogP contribution in [0.5, 0.6) is 0 Å². The molecule has 0 unspecified atom stereocenters. The van der Waals surface area contributed by atoms with Crippen molar-refractivity contribution in [3.8, 4) is 0 Å². The monoisotopic (exact) mass is 243 g/mol. The maximum Gasteiger partial charge on any atom is 0.230 e. The van der Waals surface area contributed by atoms with E-state index in [0.717, 1.165) is 6.54 Å². The van der Waals surface area contributed by atoms with E-state index in [9.17, 15) is 0 Å². The van der Waals surface area contributed by atoms with Crippen molar-refractivity contribution in [3.05, 3.63) is 0 Å². The molecule has 1 aromatic rings. The minimum absolute atomic E-state index is 0.115. The summed E-state index contributed by atoms with van der Waals surface area (Å²) in [5.41, 5.74) is 0. The number of hydrogen-bond acceptors (Lipinski definition) is 7. The number of rotatable bonds is 6. The highest BCUT2D eigenvalue weighted by Crippen LogP contribution is 2.16. The van der Waals surface area contributed by atoms with Gasteiger partial charge in [0, 0.05) is 26.4 Å². The summed E-state index contributed by atoms with van der Waals surface area (Å²) in [7, 11) is 3.76. The molecular formula is C9H17N5OS. The van der Waals surface area contributed by atoms with Gasteiger partial charge < -0.3 is 15.3 Å². The summed E-state index contributed by atoms with van der Waals surface area (Å²) >= 11 is 1.41. The summed E-state index contributed by atoms with van der Waals surface area (Å²) in [6.07, 6.45) is 0. The largest absolute Gasteiger partial charge is 0.396 e. The lowest BCUT2D eigenvalue weighted by Crippen LogP contribution is -2.15. The first-order valence-electron chi connectivity index (χ1n) is 5.08. The van der Waals surface area contributed by atoms with Crippen LogP contribution < -0.4 is 10.2 Å². The van der Waals surface area contributed by atoms with Gasteiger partial charge in [0.1, 0.15) is 0 Å². The number of nitrogens with zero attached hydrogens (tertiary/aromatic N) is 4. The molecule has 0 aliphatic carbocycles. The maximum atomic E-state index is 8.76. The molecule has 0 atom stereocenters. The number of thioether (sulfide) groups is 1. The van der Waals surface area contributed by atoms with Crippen LogP contribution in [0.1, 0.15) is 6.92 Å². The second-order valence-corrected chi connectivity index (χ2v) is 4.30. The van der Waals surface area contributed by atoms with Crippen LogP contribution >= 0.6 is 11.8 Å². The second kappa shape index (κ2) is 6.49. The van der Waals surface area contributed by atoms with Crippen LogP contribution in [-0.4, -0.2) is 53.1 Å². The molecule has 0 aromatic carbocycles. The van der Waals surface area contributed by atoms with E-state index in [1.165, 1.54) is 11.8 Å². The van der Waals surface area contributed by atoms with Gasteiger partial charge in [0.25, 0.3) is 0 Å². The van der Waals surface area contributed by atoms with Crippen molar-refractivity contribution in [2.75, 3.05) is 43.2 Å². The third-order valence-electron chi connectivity index (χ3n) is 1.66. The van der Waals surface area contributed by atoms with E-state index in [2.05, 4.69) is 20.3 Å². The number of anilines is 2. The molecule has 7 heteroatoms. The zero-order valence-electron chi connectivity index (χ0n) is 9.77. The normalized spacial score (nSPS) is 10.2. The summed E-state index contributed by atoms with van der Waals surface area (Å²) < 4.78 is 0. The maximum absolute atomic E-state index is 8.76. The Hall–Kier alpha value is -1.08. The van der Waals surface area contributed by atoms with Crippen LogP contribution in [-0.2, 0) is 0 Å². The van der Waals surface area contributed by atoms with Crippen molar-refractivity contribution in [3.63, 3.8) is 0 Å². The van der Waals surface area contributed by atoms with E-state index in [0.29, 0.717) is 22.8 Å². The van der Waals surface area contributed by atoms with Crippen LogP contribution in [0, 0.1) is 0 Å². The summed E-state index contributed by atoms with van der Waals surface area (Å²) in [6.45, 7) is 2.87. The minimum atomic E-state index is 0.115. The third kappa shape index (κ3) is 3.82. The van der Waals surface area contributed by atoms with Crippen molar-refractivity contribution in [2.24, 2.45) is 0 Å². The minimum Gasteiger partial charge on any atom is -0.396 e. The van der Waals surface area contributed by atoms with Gasteiger partial charge in [0.05, 0.1) is 6.61 Å². The molecule has 6 nitrogen and oxygen atoms in total. The van der Waals surface area contributed by atoms with Crippen molar-refractivity contribution >= 4 is 23.7 Å². The lowest BCUT2D eigenvalue weighted by molar-refractivity contribution is 0.322. The lowest BCUT2D eigenvalue weighted by atomic mass is 10.7. The van der Waals surface area contributed by atoms with E-state index >= 15 is 0 Å². The van der Waals surface area contributed by atoms with Gasteiger partial charge in [0.2, 0.25) is 11.9 Å². The Kier molecular flexibility index (Phi) is 5.27. The molecule has 0 fully saturated rings. The van der Waals surface area contributed by atoms with Gasteiger partial charge in [0.15, 0.2) is 5.16 Å². The molecule has 16 heavy (non-hydrogen) atoms. The van der Waals surface area contributed by atoms with Crippen molar-refractivity contribution < 1.29 is 5.11 Å². The van der Waals surface area contributed by atoms with Crippen LogP contribution in [0.2, 0.25) is 0 Å². The predicted molar refractivity (Wildman–Crippen MR) is 66.1 cm³/mol. The van der Waals surface area contributed by atoms with Crippen molar-refractivity contribution in [2.45, 2.75) is 12.1 Å². The summed E-state index contributed by atoms with van der Waals surface area (Å²) in [6, 6.07) is 0. The molecule has 2 N–H and O–H groups in total. The van der Waals surface area contributed by atoms with Crippen LogP contribution in [0.3, 0.4) is 0 Å². The Bertz CT molecular complexity index is 334. The standard InChI is InChI=1S/C9H17N5OS/c1-4-10-7-11-8(14(2)3)13-9(12-7)16-6-5-15/h15H,4-6H2,1-3H3,(H,10,11,12,13). The summed E-state index contributed by atoms with van der Waals surface area (Å²) in [5.74, 6) is 1.77. The smallest absolute Gasteiger partial charge is 0.230 e. The lowest BCUT2D eigenvalue weighted by Gasteiger charge is -2.12. The van der Waals surface area contributed by atoms with Gasteiger partial charge in [-0.15, -0.1) is 0 Å². The van der Waals surface area contributed by atoms with Gasteiger partial charge in [-0.25, -0.2) is 0 Å². The number of hydrogen-bond donors (Lipinski definition) is 2. The Morgan fingerprint density at radius 1 is 1.31 bits per heavy atom. The molecule has 0 aliphatic rings. The first-order valence-corrected chi connectivity index (χ1v) is 6.06. The van der Waals surface area contributed by atoms with E-state index in [1.807, 2.05) is 25.9 Å². The molecule has 0 saturated heterocycles. The van der Waals surface area contributed by atoms with Crippen molar-refractivity contribution in [1.29, 1.82) is 0 Å². The quantitative estimate of drug-likeness (QED) is 0.703. The molecule has 0 radical (unpaired) electrons. The summed E-state index contributed by atoms with van der Waals surface area (Å²) in [4.78, 5) is 14.6. The fourth-order valence-electron chi connectivity index (χ4n) is 0.985. The zero-order chi connectivity index (χ0) is 12.0. The zero-order valence-corrected chi connectivity index (χ0v) is 10.6. The molecule has 90 valence electrons. The molecule has 1 heterocycles. The van der Waals surface area contributed by atoms with Gasteiger partial charge in [-0.2, -0.15) is 15.0 Å². The van der Waals surface area contributed by atoms with Gasteiger partial charge in [-0.1, -0.05) is 11.8 Å². The Balaban J connectivity index is 2.89. The van der Waals surface area contributed by atoms with Crippen molar-refractivity contribution in [1.82, 2.24) is 15.0 Å². The van der Waals surface area contributed by atoms with Crippen LogP contribution in [0.15, 0.2) is 5.16 Å². The molecule has 0 bridgehead atoms. The van der Waals surface area contributed by atoms with E-state index in [1.54, 1.807) is 0 Å². The topological polar surface area (TPSA) is 74.2 Å². The molecule has 0 amide bonds. The second-order valence-electron chi connectivity index (χ2n) is 3.24. The average molecular weight is 243 g/mol. The molecule has 0 aliphatic heterocycles. The van der Waals surface area contributed by atoms with Gasteiger partial charge in [-0.05, 0) is 6.92 Å². The summed E-state index contributed by atoms with van der Waals surface area (Å²) in [5, 5.41) is 12.4. The average Bonchev–Trinajstić information content (AvgIpc) is 2.26. The number of aliphatic hydroxyl groups is 1. The number of aromatic nitrogens is 3. The molecular weight excluding hydrogens is 226 g/mol. The van der Waals surface area contributed by atoms with E-state index in [4.69, 9.17) is 5.11 Å². The molecule has 0 saturated carbocycles. The number of aliphatic hydroxyl groups excluding tert-OH is 1. The highest BCUT2D eigenvalue weighted by molar-refractivity contribution is 7.99. The van der Waals surface area contributed by atoms with E-state index < -0.39 is 0 Å². The molecule has 0 spiro atoms. The third-order valence-corrected chi connectivity index (χ3v) is 2.49. The Labute approximate surface area is 99.5 Å².